The fourth-order valence-electron chi connectivity index (χ4n) is 3.98. The van der Waals surface area contributed by atoms with Crippen LogP contribution in [0.2, 0.25) is 0 Å². The molecule has 0 aliphatic carbocycles. The Labute approximate surface area is 187 Å². The van der Waals surface area contributed by atoms with E-state index in [2.05, 4.69) is 5.10 Å². The largest absolute Gasteiger partial charge is 0.484 e. The lowest BCUT2D eigenvalue weighted by Crippen LogP contribution is -2.47. The number of benzene rings is 2. The first kappa shape index (κ1) is 21.6. The maximum absolute atomic E-state index is 13.4. The summed E-state index contributed by atoms with van der Waals surface area (Å²) < 4.78 is 12.7. The highest BCUT2D eigenvalue weighted by Gasteiger charge is 2.40. The summed E-state index contributed by atoms with van der Waals surface area (Å²) in [6.45, 7) is 4.67. The van der Waals surface area contributed by atoms with Crippen LogP contribution in [-0.4, -0.2) is 46.3 Å². The highest BCUT2D eigenvalue weighted by Crippen LogP contribution is 2.34. The van der Waals surface area contributed by atoms with E-state index >= 15 is 0 Å². The SMILES string of the molecule is COC(=O)c1nn2c(c1OCc1ccccc1)C(=O)N(C(C)C)CC2Cc1ccccc1. The van der Waals surface area contributed by atoms with E-state index in [1.807, 2.05) is 74.5 Å². The standard InChI is InChI=1S/C25H27N3O4/c1-17(2)27-15-20(14-18-10-6-4-7-11-18)28-22(24(27)29)23(21(26-28)25(30)31-3)32-16-19-12-8-5-9-13-19/h4-13,17,20H,14-16H2,1-3H3. The zero-order valence-electron chi connectivity index (χ0n) is 18.5. The molecule has 2 aromatic carbocycles. The van der Waals surface area contributed by atoms with E-state index in [0.717, 1.165) is 11.1 Å². The van der Waals surface area contributed by atoms with E-state index in [1.165, 1.54) is 7.11 Å². The number of nitrogens with zero attached hydrogens (tertiary/aromatic N) is 3. The van der Waals surface area contributed by atoms with Gasteiger partial charge in [0.1, 0.15) is 6.61 Å². The van der Waals surface area contributed by atoms with Crippen LogP contribution in [0.4, 0.5) is 0 Å². The summed E-state index contributed by atoms with van der Waals surface area (Å²) in [5, 5.41) is 4.53. The molecule has 0 spiro atoms. The molecule has 0 bridgehead atoms. The van der Waals surface area contributed by atoms with Crippen LogP contribution in [-0.2, 0) is 17.8 Å². The average molecular weight is 434 g/mol. The molecule has 1 amide bonds. The fraction of sp³-hybridized carbons (Fsp3) is 0.320. The first-order valence-corrected chi connectivity index (χ1v) is 10.7. The van der Waals surface area contributed by atoms with Crippen molar-refractivity contribution in [3.05, 3.63) is 83.2 Å². The molecule has 32 heavy (non-hydrogen) atoms. The summed E-state index contributed by atoms with van der Waals surface area (Å²) in [5.41, 5.74) is 2.37. The lowest BCUT2D eigenvalue weighted by molar-refractivity contribution is 0.0573. The third-order valence-corrected chi connectivity index (χ3v) is 5.63. The minimum atomic E-state index is -0.627. The highest BCUT2D eigenvalue weighted by atomic mass is 16.5. The van der Waals surface area contributed by atoms with Crippen molar-refractivity contribution in [2.75, 3.05) is 13.7 Å². The minimum absolute atomic E-state index is 0.00651. The van der Waals surface area contributed by atoms with E-state index in [4.69, 9.17) is 9.47 Å². The molecule has 0 fully saturated rings. The molecular weight excluding hydrogens is 406 g/mol. The van der Waals surface area contributed by atoms with Crippen molar-refractivity contribution in [1.29, 1.82) is 0 Å². The predicted molar refractivity (Wildman–Crippen MR) is 120 cm³/mol. The third kappa shape index (κ3) is 4.23. The van der Waals surface area contributed by atoms with Crippen LogP contribution < -0.4 is 4.74 Å². The normalized spacial score (nSPS) is 15.6. The van der Waals surface area contributed by atoms with Crippen LogP contribution >= 0.6 is 0 Å². The Morgan fingerprint density at radius 3 is 2.28 bits per heavy atom. The van der Waals surface area contributed by atoms with Gasteiger partial charge in [-0.05, 0) is 31.4 Å². The van der Waals surface area contributed by atoms with Crippen molar-refractivity contribution in [3.63, 3.8) is 0 Å². The van der Waals surface area contributed by atoms with Gasteiger partial charge in [0.2, 0.25) is 5.69 Å². The minimum Gasteiger partial charge on any atom is -0.484 e. The number of carbonyl (C=O) groups excluding carboxylic acids is 2. The topological polar surface area (TPSA) is 73.7 Å². The molecule has 1 unspecified atom stereocenters. The van der Waals surface area contributed by atoms with Crippen molar-refractivity contribution < 1.29 is 19.1 Å². The Morgan fingerprint density at radius 2 is 1.69 bits per heavy atom. The summed E-state index contributed by atoms with van der Waals surface area (Å²) >= 11 is 0. The molecule has 0 saturated carbocycles. The number of hydrogen-bond acceptors (Lipinski definition) is 5. The number of fused-ring (bicyclic) bond motifs is 1. The number of amides is 1. The van der Waals surface area contributed by atoms with Crippen molar-refractivity contribution in [3.8, 4) is 5.75 Å². The number of ether oxygens (including phenoxy) is 2. The van der Waals surface area contributed by atoms with E-state index in [0.29, 0.717) is 18.7 Å². The molecule has 1 aromatic heterocycles. The molecule has 1 aliphatic heterocycles. The number of esters is 1. The van der Waals surface area contributed by atoms with Crippen LogP contribution in [0.1, 0.15) is 52.0 Å². The van der Waals surface area contributed by atoms with Crippen molar-refractivity contribution in [2.45, 2.75) is 39.0 Å². The first-order valence-electron chi connectivity index (χ1n) is 10.7. The van der Waals surface area contributed by atoms with Crippen LogP contribution in [0.25, 0.3) is 0 Å². The molecule has 7 heteroatoms. The maximum atomic E-state index is 13.4. The van der Waals surface area contributed by atoms with Gasteiger partial charge in [0.05, 0.1) is 13.2 Å². The molecule has 1 aliphatic rings. The van der Waals surface area contributed by atoms with E-state index in [1.54, 1.807) is 9.58 Å². The van der Waals surface area contributed by atoms with Gasteiger partial charge in [-0.25, -0.2) is 4.79 Å². The van der Waals surface area contributed by atoms with Crippen molar-refractivity contribution in [1.82, 2.24) is 14.7 Å². The fourth-order valence-corrected chi connectivity index (χ4v) is 3.98. The number of rotatable bonds is 7. The van der Waals surface area contributed by atoms with Gasteiger partial charge < -0.3 is 14.4 Å². The molecule has 0 saturated heterocycles. The van der Waals surface area contributed by atoms with Crippen LogP contribution in [0, 0.1) is 0 Å². The number of carbonyl (C=O) groups is 2. The second-order valence-corrected chi connectivity index (χ2v) is 8.13. The summed E-state index contributed by atoms with van der Waals surface area (Å²) in [5.74, 6) is -0.651. The van der Waals surface area contributed by atoms with Crippen molar-refractivity contribution in [2.24, 2.45) is 0 Å². The van der Waals surface area contributed by atoms with E-state index in [-0.39, 0.29) is 36.0 Å². The van der Waals surface area contributed by atoms with Crippen molar-refractivity contribution >= 4 is 11.9 Å². The van der Waals surface area contributed by atoms with Gasteiger partial charge in [-0.1, -0.05) is 60.7 Å². The Kier molecular flexibility index (Phi) is 6.25. The van der Waals surface area contributed by atoms with Gasteiger partial charge in [0.15, 0.2) is 11.4 Å². The monoisotopic (exact) mass is 433 g/mol. The number of aromatic nitrogens is 2. The molecule has 0 radical (unpaired) electrons. The zero-order valence-corrected chi connectivity index (χ0v) is 18.5. The Morgan fingerprint density at radius 1 is 1.06 bits per heavy atom. The average Bonchev–Trinajstić information content (AvgIpc) is 3.20. The van der Waals surface area contributed by atoms with Crippen LogP contribution in [0.5, 0.6) is 5.75 Å². The number of methoxy groups -OCH3 is 1. The molecule has 2 heterocycles. The van der Waals surface area contributed by atoms with Gasteiger partial charge in [0.25, 0.3) is 5.91 Å². The Hall–Kier alpha value is -3.61. The van der Waals surface area contributed by atoms with Gasteiger partial charge in [-0.3, -0.25) is 9.48 Å². The lowest BCUT2D eigenvalue weighted by Gasteiger charge is -2.36. The van der Waals surface area contributed by atoms with Crippen LogP contribution in [0.15, 0.2) is 60.7 Å². The molecule has 1 atom stereocenters. The summed E-state index contributed by atoms with van der Waals surface area (Å²) in [7, 11) is 1.30. The Balaban J connectivity index is 1.78. The quantitative estimate of drug-likeness (QED) is 0.529. The molecule has 0 N–H and O–H groups in total. The number of hydrogen-bond donors (Lipinski definition) is 0. The predicted octanol–water partition coefficient (Wildman–Crippen LogP) is 3.90. The van der Waals surface area contributed by atoms with E-state index < -0.39 is 5.97 Å². The second-order valence-electron chi connectivity index (χ2n) is 8.13. The summed E-state index contributed by atoms with van der Waals surface area (Å²) in [6.07, 6.45) is 0.671. The zero-order chi connectivity index (χ0) is 22.7. The smallest absolute Gasteiger partial charge is 0.362 e. The summed E-state index contributed by atoms with van der Waals surface area (Å²) in [4.78, 5) is 27.8. The van der Waals surface area contributed by atoms with E-state index in [9.17, 15) is 9.59 Å². The molecule has 4 rings (SSSR count). The maximum Gasteiger partial charge on any atom is 0.362 e. The van der Waals surface area contributed by atoms with Gasteiger partial charge in [-0.15, -0.1) is 0 Å². The Bertz CT molecular complexity index is 1090. The first-order chi connectivity index (χ1) is 15.5. The molecule has 166 valence electrons. The molecule has 3 aromatic rings. The second kappa shape index (κ2) is 9.26. The van der Waals surface area contributed by atoms with Gasteiger partial charge in [0, 0.05) is 12.6 Å². The highest BCUT2D eigenvalue weighted by molar-refractivity contribution is 6.01. The van der Waals surface area contributed by atoms with Gasteiger partial charge >= 0.3 is 5.97 Å². The van der Waals surface area contributed by atoms with Gasteiger partial charge in [-0.2, -0.15) is 5.10 Å². The lowest BCUT2D eigenvalue weighted by atomic mass is 10.0. The third-order valence-electron chi connectivity index (χ3n) is 5.63. The molecule has 7 nitrogen and oxygen atoms in total. The molecular formula is C25H27N3O4. The summed E-state index contributed by atoms with van der Waals surface area (Å²) in [6, 6.07) is 19.5. The van der Waals surface area contributed by atoms with Crippen LogP contribution in [0.3, 0.4) is 0 Å².